The summed E-state index contributed by atoms with van der Waals surface area (Å²) in [5.41, 5.74) is 0. The van der Waals surface area contributed by atoms with Gasteiger partial charge in [-0.1, -0.05) is 5.87 Å². The van der Waals surface area contributed by atoms with E-state index in [9.17, 15) is 9.59 Å². The smallest absolute Gasteiger partial charge is 0.409 e. The van der Waals surface area contributed by atoms with Crippen LogP contribution in [0, 0.1) is 0 Å². The van der Waals surface area contributed by atoms with E-state index in [0.29, 0.717) is 24.7 Å². The van der Waals surface area contributed by atoms with Gasteiger partial charge in [0.05, 0.1) is 0 Å². The van der Waals surface area contributed by atoms with Gasteiger partial charge in [0.15, 0.2) is 0 Å². The molecular weight excluding hydrogens is 256 g/mol. The molecule has 0 spiro atoms. The van der Waals surface area contributed by atoms with Crippen molar-refractivity contribution >= 4 is 28.5 Å². The van der Waals surface area contributed by atoms with Gasteiger partial charge in [-0.25, -0.2) is 9.59 Å². The molecule has 106 valence electrons. The molecule has 0 aromatic carbocycles. The Kier molecular flexibility index (Phi) is 8.19. The van der Waals surface area contributed by atoms with E-state index >= 15 is 0 Å². The predicted molar refractivity (Wildman–Crippen MR) is 74.5 cm³/mol. The van der Waals surface area contributed by atoms with Gasteiger partial charge in [-0.2, -0.15) is 10.5 Å². The number of hydrogen-bond donors (Lipinski definition) is 0. The van der Waals surface area contributed by atoms with Crippen LogP contribution in [0.15, 0.2) is 0 Å². The lowest BCUT2D eigenvalue weighted by atomic mass is 10.8. The largest absolute Gasteiger partial charge is 0.449 e. The third-order valence-electron chi connectivity index (χ3n) is 1.93. The van der Waals surface area contributed by atoms with Crippen LogP contribution in [0.1, 0.15) is 0 Å². The summed E-state index contributed by atoms with van der Waals surface area (Å²) in [7, 11) is 6.36. The number of hydrogen-bond acceptors (Lipinski definition) is 4. The molecule has 0 aliphatic heterocycles. The summed E-state index contributed by atoms with van der Waals surface area (Å²) in [5, 5.41) is 0. The summed E-state index contributed by atoms with van der Waals surface area (Å²) < 4.78 is 9.96. The SMILES string of the molecule is C=S(CCOC(=O)N(C)C)CCOC(=O)N(C)C. The molecule has 0 N–H and O–H groups in total. The van der Waals surface area contributed by atoms with Crippen LogP contribution in [-0.2, 0) is 9.47 Å². The molecular formula is C11H22N2O4S. The average Bonchev–Trinajstić information content (AvgIpc) is 2.28. The summed E-state index contributed by atoms with van der Waals surface area (Å²) in [6.07, 6.45) is -0.711. The van der Waals surface area contributed by atoms with Crippen LogP contribution in [0.4, 0.5) is 9.59 Å². The molecule has 0 aromatic rings. The quantitative estimate of drug-likeness (QED) is 0.682. The topological polar surface area (TPSA) is 59.1 Å². The summed E-state index contributed by atoms with van der Waals surface area (Å²) in [6, 6.07) is 0. The van der Waals surface area contributed by atoms with Crippen LogP contribution in [0.5, 0.6) is 0 Å². The molecule has 0 atom stereocenters. The molecule has 0 heterocycles. The van der Waals surface area contributed by atoms with Gasteiger partial charge >= 0.3 is 12.2 Å². The lowest BCUT2D eigenvalue weighted by Gasteiger charge is -2.13. The molecule has 0 rings (SSSR count). The molecule has 0 saturated carbocycles. The van der Waals surface area contributed by atoms with Crippen molar-refractivity contribution in [3.63, 3.8) is 0 Å². The van der Waals surface area contributed by atoms with E-state index in [1.165, 1.54) is 9.80 Å². The van der Waals surface area contributed by atoms with E-state index in [-0.39, 0.29) is 22.7 Å². The van der Waals surface area contributed by atoms with E-state index in [2.05, 4.69) is 5.87 Å². The van der Waals surface area contributed by atoms with Crippen molar-refractivity contribution in [1.82, 2.24) is 9.80 Å². The highest BCUT2D eigenvalue weighted by atomic mass is 32.2. The minimum absolute atomic E-state index is 0.171. The number of ether oxygens (including phenoxy) is 2. The van der Waals surface area contributed by atoms with Crippen molar-refractivity contribution < 1.29 is 19.1 Å². The summed E-state index contributed by atoms with van der Waals surface area (Å²) >= 11 is 0. The zero-order valence-electron chi connectivity index (χ0n) is 11.5. The molecule has 0 unspecified atom stereocenters. The van der Waals surface area contributed by atoms with Crippen molar-refractivity contribution in [3.8, 4) is 0 Å². The van der Waals surface area contributed by atoms with E-state index in [0.717, 1.165) is 0 Å². The lowest BCUT2D eigenvalue weighted by molar-refractivity contribution is 0.124. The predicted octanol–water partition coefficient (Wildman–Crippen LogP) is 1.08. The van der Waals surface area contributed by atoms with Crippen LogP contribution >= 0.6 is 10.5 Å². The summed E-state index contributed by atoms with van der Waals surface area (Å²) in [5.74, 6) is 5.30. The molecule has 0 aromatic heterocycles. The lowest BCUT2D eigenvalue weighted by Crippen LogP contribution is -2.24. The standard InChI is InChI=1S/C11H22N2O4S/c1-12(2)10(14)16-6-8-18(5)9-7-17-11(15)13(3)4/h5-9H2,1-4H3. The summed E-state index contributed by atoms with van der Waals surface area (Å²) in [4.78, 5) is 25.0. The zero-order valence-corrected chi connectivity index (χ0v) is 12.3. The minimum atomic E-state index is -0.356. The Labute approximate surface area is 111 Å². The van der Waals surface area contributed by atoms with Gasteiger partial charge in [0.1, 0.15) is 13.2 Å². The number of nitrogens with zero attached hydrogens (tertiary/aromatic N) is 2. The highest BCUT2D eigenvalue weighted by Gasteiger charge is 2.06. The Morgan fingerprint density at radius 3 is 1.56 bits per heavy atom. The maximum atomic E-state index is 11.1. The monoisotopic (exact) mass is 278 g/mol. The van der Waals surface area contributed by atoms with Gasteiger partial charge in [-0.05, 0) is 0 Å². The van der Waals surface area contributed by atoms with Gasteiger partial charge in [-0.3, -0.25) is 0 Å². The number of rotatable bonds is 6. The van der Waals surface area contributed by atoms with Crippen LogP contribution in [0.3, 0.4) is 0 Å². The second kappa shape index (κ2) is 8.79. The fourth-order valence-electron chi connectivity index (χ4n) is 0.854. The van der Waals surface area contributed by atoms with Crippen molar-refractivity contribution in [1.29, 1.82) is 0 Å². The molecule has 0 aliphatic carbocycles. The van der Waals surface area contributed by atoms with Crippen LogP contribution < -0.4 is 0 Å². The molecule has 0 radical (unpaired) electrons. The molecule has 0 saturated heterocycles. The van der Waals surface area contributed by atoms with E-state index in [1.807, 2.05) is 0 Å². The molecule has 0 fully saturated rings. The third kappa shape index (κ3) is 7.94. The first-order valence-electron chi connectivity index (χ1n) is 5.50. The van der Waals surface area contributed by atoms with Crippen molar-refractivity contribution in [2.45, 2.75) is 0 Å². The fourth-order valence-corrected chi connectivity index (χ4v) is 1.70. The number of amides is 2. The second-order valence-corrected chi connectivity index (χ2v) is 6.08. The third-order valence-corrected chi connectivity index (χ3v) is 3.41. The first-order valence-corrected chi connectivity index (χ1v) is 7.23. The Balaban J connectivity index is 3.61. The zero-order chi connectivity index (χ0) is 14.1. The first kappa shape index (κ1) is 16.8. The molecule has 2 amide bonds. The van der Waals surface area contributed by atoms with Crippen LogP contribution in [-0.4, -0.2) is 80.8 Å². The van der Waals surface area contributed by atoms with E-state index in [1.54, 1.807) is 28.2 Å². The normalized spacial score (nSPS) is 10.1. The molecule has 0 aliphatic rings. The average molecular weight is 278 g/mol. The Morgan fingerprint density at radius 1 is 0.944 bits per heavy atom. The highest BCUT2D eigenvalue weighted by molar-refractivity contribution is 8.14. The second-order valence-electron chi connectivity index (χ2n) is 4.04. The fraction of sp³-hybridized carbons (Fsp3) is 0.727. The number of carbonyl (C=O) groups is 2. The Morgan fingerprint density at radius 2 is 1.28 bits per heavy atom. The van der Waals surface area contributed by atoms with Crippen molar-refractivity contribution in [2.75, 3.05) is 52.9 Å². The van der Waals surface area contributed by atoms with Gasteiger partial charge in [0.2, 0.25) is 0 Å². The Hall–Kier alpha value is -1.24. The van der Waals surface area contributed by atoms with Gasteiger partial charge in [-0.15, -0.1) is 0 Å². The highest BCUT2D eigenvalue weighted by Crippen LogP contribution is 2.08. The van der Waals surface area contributed by atoms with Gasteiger partial charge < -0.3 is 19.3 Å². The molecule has 18 heavy (non-hydrogen) atoms. The molecule has 0 bridgehead atoms. The Bertz CT molecular complexity index is 277. The van der Waals surface area contributed by atoms with E-state index < -0.39 is 0 Å². The van der Waals surface area contributed by atoms with Crippen molar-refractivity contribution in [2.24, 2.45) is 0 Å². The van der Waals surface area contributed by atoms with Crippen LogP contribution in [0.2, 0.25) is 0 Å². The minimum Gasteiger partial charge on any atom is -0.449 e. The van der Waals surface area contributed by atoms with Gasteiger partial charge in [0.25, 0.3) is 0 Å². The molecule has 6 nitrogen and oxygen atoms in total. The number of carbonyl (C=O) groups excluding carboxylic acids is 2. The van der Waals surface area contributed by atoms with Gasteiger partial charge in [0, 0.05) is 39.7 Å². The maximum Gasteiger partial charge on any atom is 0.409 e. The summed E-state index contributed by atoms with van der Waals surface area (Å²) in [6.45, 7) is 0.677. The maximum absolute atomic E-state index is 11.1. The first-order chi connectivity index (χ1) is 8.34. The van der Waals surface area contributed by atoms with Crippen molar-refractivity contribution in [3.05, 3.63) is 0 Å². The van der Waals surface area contributed by atoms with Crippen LogP contribution in [0.25, 0.3) is 0 Å². The molecule has 7 heteroatoms. The van der Waals surface area contributed by atoms with E-state index in [4.69, 9.17) is 9.47 Å².